The lowest BCUT2D eigenvalue weighted by molar-refractivity contribution is 0.0937. The van der Waals surface area contributed by atoms with Gasteiger partial charge < -0.3 is 9.88 Å². The average Bonchev–Trinajstić information content (AvgIpc) is 3.11. The van der Waals surface area contributed by atoms with Crippen LogP contribution in [0.15, 0.2) is 78.9 Å². The van der Waals surface area contributed by atoms with Gasteiger partial charge in [0.05, 0.1) is 11.4 Å². The zero-order valence-corrected chi connectivity index (χ0v) is 17.5. The first-order valence-electron chi connectivity index (χ1n) is 10.1. The van der Waals surface area contributed by atoms with E-state index in [0.717, 1.165) is 28.1 Å². The summed E-state index contributed by atoms with van der Waals surface area (Å²) in [6.45, 7) is 4.59. The molecule has 0 aliphatic heterocycles. The van der Waals surface area contributed by atoms with Crippen LogP contribution in [0.3, 0.4) is 0 Å². The Morgan fingerprint density at radius 1 is 0.833 bits per heavy atom. The van der Waals surface area contributed by atoms with E-state index in [0.29, 0.717) is 12.4 Å². The summed E-state index contributed by atoms with van der Waals surface area (Å²) in [5.41, 5.74) is 7.21. The van der Waals surface area contributed by atoms with Crippen LogP contribution in [-0.4, -0.2) is 15.5 Å². The summed E-state index contributed by atoms with van der Waals surface area (Å²) in [5.74, 6) is 0.213. The third-order valence-electron chi connectivity index (χ3n) is 5.24. The van der Waals surface area contributed by atoms with E-state index in [1.165, 1.54) is 11.1 Å². The smallest absolute Gasteiger partial charge is 0.287 e. The van der Waals surface area contributed by atoms with Crippen molar-refractivity contribution in [3.05, 3.63) is 101 Å². The topological polar surface area (TPSA) is 46.9 Å². The molecular formula is C26H25N3O. The number of imidazole rings is 1. The van der Waals surface area contributed by atoms with Crippen LogP contribution in [0.25, 0.3) is 22.5 Å². The first kappa shape index (κ1) is 19.6. The molecule has 0 aliphatic carbocycles. The van der Waals surface area contributed by atoms with E-state index in [2.05, 4.69) is 67.7 Å². The minimum absolute atomic E-state index is 0.187. The van der Waals surface area contributed by atoms with Gasteiger partial charge in [-0.15, -0.1) is 0 Å². The molecule has 0 bridgehead atoms. The number of nitrogens with one attached hydrogen (secondary N) is 1. The van der Waals surface area contributed by atoms with Gasteiger partial charge in [-0.2, -0.15) is 0 Å². The number of carbonyl (C=O) groups is 1. The van der Waals surface area contributed by atoms with Crippen molar-refractivity contribution in [2.45, 2.75) is 20.4 Å². The SMILES string of the molecule is Cc1ccc(-c2nc(C(=O)NCc3ccccc3)n(C)c2-c2ccc(C)cc2)cc1. The lowest BCUT2D eigenvalue weighted by atomic mass is 10.0. The number of hydrogen-bond acceptors (Lipinski definition) is 2. The average molecular weight is 396 g/mol. The number of amides is 1. The van der Waals surface area contributed by atoms with E-state index in [9.17, 15) is 4.79 Å². The van der Waals surface area contributed by atoms with Crippen molar-refractivity contribution >= 4 is 5.91 Å². The van der Waals surface area contributed by atoms with E-state index >= 15 is 0 Å². The number of hydrogen-bond donors (Lipinski definition) is 1. The quantitative estimate of drug-likeness (QED) is 0.498. The lowest BCUT2D eigenvalue weighted by Gasteiger charge is -2.09. The van der Waals surface area contributed by atoms with E-state index < -0.39 is 0 Å². The number of carbonyl (C=O) groups excluding carboxylic acids is 1. The molecule has 1 amide bonds. The van der Waals surface area contributed by atoms with Crippen LogP contribution in [0.5, 0.6) is 0 Å². The Morgan fingerprint density at radius 3 is 2.00 bits per heavy atom. The van der Waals surface area contributed by atoms with Crippen molar-refractivity contribution < 1.29 is 4.79 Å². The van der Waals surface area contributed by atoms with Crippen LogP contribution < -0.4 is 5.32 Å². The molecule has 0 saturated carbocycles. The molecule has 4 heteroatoms. The molecular weight excluding hydrogens is 370 g/mol. The Labute approximate surface area is 177 Å². The monoisotopic (exact) mass is 395 g/mol. The van der Waals surface area contributed by atoms with Gasteiger partial charge in [0, 0.05) is 24.7 Å². The molecule has 30 heavy (non-hydrogen) atoms. The lowest BCUT2D eigenvalue weighted by Crippen LogP contribution is -2.25. The minimum atomic E-state index is -0.187. The highest BCUT2D eigenvalue weighted by molar-refractivity contribution is 5.94. The van der Waals surface area contributed by atoms with E-state index in [-0.39, 0.29) is 5.91 Å². The van der Waals surface area contributed by atoms with E-state index in [1.807, 2.05) is 41.9 Å². The number of aromatic nitrogens is 2. The zero-order valence-electron chi connectivity index (χ0n) is 17.5. The number of rotatable bonds is 5. The van der Waals surface area contributed by atoms with Gasteiger partial charge in [0.2, 0.25) is 0 Å². The van der Waals surface area contributed by atoms with E-state index in [1.54, 1.807) is 0 Å². The van der Waals surface area contributed by atoms with Crippen molar-refractivity contribution in [3.63, 3.8) is 0 Å². The van der Waals surface area contributed by atoms with Gasteiger partial charge in [-0.05, 0) is 19.4 Å². The molecule has 0 spiro atoms. The molecule has 1 aromatic heterocycles. The van der Waals surface area contributed by atoms with Crippen molar-refractivity contribution in [2.75, 3.05) is 0 Å². The molecule has 3 aromatic carbocycles. The second-order valence-electron chi connectivity index (χ2n) is 7.59. The zero-order chi connectivity index (χ0) is 21.1. The summed E-state index contributed by atoms with van der Waals surface area (Å²) in [6.07, 6.45) is 0. The van der Waals surface area contributed by atoms with Crippen LogP contribution in [-0.2, 0) is 13.6 Å². The molecule has 0 fully saturated rings. The van der Waals surface area contributed by atoms with Gasteiger partial charge in [-0.1, -0.05) is 90.0 Å². The maximum absolute atomic E-state index is 13.0. The van der Waals surface area contributed by atoms with Gasteiger partial charge in [-0.3, -0.25) is 4.79 Å². The fourth-order valence-electron chi connectivity index (χ4n) is 3.51. The van der Waals surface area contributed by atoms with Crippen LogP contribution in [0, 0.1) is 13.8 Å². The second-order valence-corrected chi connectivity index (χ2v) is 7.59. The predicted octanol–water partition coefficient (Wildman–Crippen LogP) is 5.30. The highest BCUT2D eigenvalue weighted by Gasteiger charge is 2.22. The second kappa shape index (κ2) is 8.37. The summed E-state index contributed by atoms with van der Waals surface area (Å²) < 4.78 is 1.89. The molecule has 0 atom stereocenters. The van der Waals surface area contributed by atoms with Gasteiger partial charge >= 0.3 is 0 Å². The fraction of sp³-hybridized carbons (Fsp3) is 0.154. The van der Waals surface area contributed by atoms with Crippen LogP contribution >= 0.6 is 0 Å². The molecule has 150 valence electrons. The molecule has 4 nitrogen and oxygen atoms in total. The molecule has 1 heterocycles. The largest absolute Gasteiger partial charge is 0.345 e. The van der Waals surface area contributed by atoms with Crippen molar-refractivity contribution in [2.24, 2.45) is 7.05 Å². The highest BCUT2D eigenvalue weighted by atomic mass is 16.2. The number of nitrogens with zero attached hydrogens (tertiary/aromatic N) is 2. The summed E-state index contributed by atoms with van der Waals surface area (Å²) in [6, 6.07) is 26.4. The molecule has 4 aromatic rings. The van der Waals surface area contributed by atoms with Crippen molar-refractivity contribution in [3.8, 4) is 22.5 Å². The molecule has 4 rings (SSSR count). The summed E-state index contributed by atoms with van der Waals surface area (Å²) >= 11 is 0. The van der Waals surface area contributed by atoms with E-state index in [4.69, 9.17) is 4.98 Å². The maximum Gasteiger partial charge on any atom is 0.287 e. The van der Waals surface area contributed by atoms with Crippen molar-refractivity contribution in [1.29, 1.82) is 0 Å². The maximum atomic E-state index is 13.0. The Balaban J connectivity index is 1.74. The number of aryl methyl sites for hydroxylation is 2. The summed E-state index contributed by atoms with van der Waals surface area (Å²) in [7, 11) is 1.90. The Morgan fingerprint density at radius 2 is 1.40 bits per heavy atom. The van der Waals surface area contributed by atoms with Crippen molar-refractivity contribution in [1.82, 2.24) is 14.9 Å². The number of benzene rings is 3. The molecule has 0 saturated heterocycles. The Bertz CT molecular complexity index is 1160. The van der Waals surface area contributed by atoms with Crippen LogP contribution in [0.1, 0.15) is 27.3 Å². The first-order chi connectivity index (χ1) is 14.5. The van der Waals surface area contributed by atoms with Gasteiger partial charge in [0.25, 0.3) is 5.91 Å². The standard InChI is InChI=1S/C26H25N3O/c1-18-9-13-21(14-10-18)23-24(22-15-11-19(2)12-16-22)29(3)25(28-23)26(30)27-17-20-7-5-4-6-8-20/h4-16H,17H2,1-3H3,(H,27,30). The molecule has 0 radical (unpaired) electrons. The normalized spacial score (nSPS) is 10.8. The van der Waals surface area contributed by atoms with Crippen LogP contribution in [0.2, 0.25) is 0 Å². The molecule has 0 aliphatic rings. The Hall–Kier alpha value is -3.66. The summed E-state index contributed by atoms with van der Waals surface area (Å²) in [4.78, 5) is 17.8. The minimum Gasteiger partial charge on any atom is -0.345 e. The summed E-state index contributed by atoms with van der Waals surface area (Å²) in [5, 5.41) is 3.00. The third kappa shape index (κ3) is 4.03. The predicted molar refractivity (Wildman–Crippen MR) is 121 cm³/mol. The molecule has 0 unspecified atom stereocenters. The Kier molecular flexibility index (Phi) is 5.48. The first-order valence-corrected chi connectivity index (χ1v) is 10.1. The van der Waals surface area contributed by atoms with Gasteiger partial charge in [-0.25, -0.2) is 4.98 Å². The van der Waals surface area contributed by atoms with Gasteiger partial charge in [0.15, 0.2) is 5.82 Å². The van der Waals surface area contributed by atoms with Gasteiger partial charge in [0.1, 0.15) is 0 Å². The highest BCUT2D eigenvalue weighted by Crippen LogP contribution is 2.32. The van der Waals surface area contributed by atoms with Crippen LogP contribution in [0.4, 0.5) is 0 Å². The third-order valence-corrected chi connectivity index (χ3v) is 5.24. The fourth-order valence-corrected chi connectivity index (χ4v) is 3.51. The molecule has 1 N–H and O–H groups in total.